The van der Waals surface area contributed by atoms with Crippen molar-refractivity contribution in [3.63, 3.8) is 0 Å². The number of dihydropyridines is 1. The topological polar surface area (TPSA) is 63.2 Å². The molecule has 0 aromatic heterocycles. The summed E-state index contributed by atoms with van der Waals surface area (Å²) < 4.78 is 39.4. The molecule has 3 aliphatic rings. The van der Waals surface area contributed by atoms with Crippen molar-refractivity contribution in [2.75, 3.05) is 5.75 Å². The Kier molecular flexibility index (Phi) is 3.97. The fourth-order valence-electron chi connectivity index (χ4n) is 4.24. The molecule has 0 saturated carbocycles. The molecule has 1 N–H and O–H groups in total. The second-order valence-corrected chi connectivity index (χ2v) is 10.9. The number of Topliss-reactive ketones (excluding diaryl/α,β-unsaturated/α-hetero) is 1. The lowest BCUT2D eigenvalue weighted by molar-refractivity contribution is -0.118. The maximum Gasteiger partial charge on any atom is 0.177 e. The molecule has 1 unspecified atom stereocenters. The molecular weight excluding hydrogens is 421 g/mol. The molecule has 138 valence electrons. The number of ketones is 1. The number of halogens is 2. The Labute approximate surface area is 160 Å². The largest absolute Gasteiger partial charge is 0.361 e. The molecule has 0 bridgehead atoms. The first-order chi connectivity index (χ1) is 12.1. The summed E-state index contributed by atoms with van der Waals surface area (Å²) in [6.45, 7) is 4.07. The Bertz CT molecular complexity index is 1010. The summed E-state index contributed by atoms with van der Waals surface area (Å²) in [5.74, 6) is -1.07. The summed E-state index contributed by atoms with van der Waals surface area (Å²) in [6.07, 6.45) is 1.47. The lowest BCUT2D eigenvalue weighted by Crippen LogP contribution is -2.37. The van der Waals surface area contributed by atoms with Gasteiger partial charge in [0, 0.05) is 29.8 Å². The van der Waals surface area contributed by atoms with E-state index >= 15 is 0 Å². The van der Waals surface area contributed by atoms with Gasteiger partial charge in [0.15, 0.2) is 15.6 Å². The van der Waals surface area contributed by atoms with Crippen LogP contribution in [0.5, 0.6) is 0 Å². The van der Waals surface area contributed by atoms with Crippen LogP contribution >= 0.6 is 15.9 Å². The van der Waals surface area contributed by atoms with Gasteiger partial charge in [-0.1, -0.05) is 19.9 Å². The van der Waals surface area contributed by atoms with Gasteiger partial charge >= 0.3 is 0 Å². The van der Waals surface area contributed by atoms with Gasteiger partial charge in [0.25, 0.3) is 0 Å². The summed E-state index contributed by atoms with van der Waals surface area (Å²) in [5, 5.41) is 3.26. The molecular formula is C19H19BrFNO3S. The number of hydrogen-bond donors (Lipinski definition) is 1. The summed E-state index contributed by atoms with van der Waals surface area (Å²) in [4.78, 5) is 13.3. The van der Waals surface area contributed by atoms with E-state index in [9.17, 15) is 17.6 Å². The summed E-state index contributed by atoms with van der Waals surface area (Å²) >= 11 is 3.18. The van der Waals surface area contributed by atoms with Crippen LogP contribution in [0.1, 0.15) is 44.6 Å². The number of carbonyl (C=O) groups excluding carboxylic acids is 1. The van der Waals surface area contributed by atoms with E-state index in [4.69, 9.17) is 0 Å². The van der Waals surface area contributed by atoms with E-state index in [0.717, 1.165) is 5.70 Å². The standard InChI is InChI=1S/C19H19BrFNO3S/c1-19(2)8-14-17(15(23)9-19)16(10-3-4-12(21)11(20)7-10)18-13(22-14)5-6-26(18,24)25/h3-4,7,16,22H,5-6,8-9H2,1-2H3. The molecule has 4 nitrogen and oxygen atoms in total. The highest BCUT2D eigenvalue weighted by molar-refractivity contribution is 9.10. The minimum absolute atomic E-state index is 0.0390. The van der Waals surface area contributed by atoms with E-state index in [1.807, 2.05) is 13.8 Å². The first kappa shape index (κ1) is 17.9. The molecule has 2 heterocycles. The zero-order valence-electron chi connectivity index (χ0n) is 14.5. The fraction of sp³-hybridized carbons (Fsp3) is 0.421. The number of nitrogens with one attached hydrogen (secondary N) is 1. The predicted octanol–water partition coefficient (Wildman–Crippen LogP) is 3.95. The third-order valence-electron chi connectivity index (χ3n) is 5.30. The smallest absolute Gasteiger partial charge is 0.177 e. The highest BCUT2D eigenvalue weighted by Crippen LogP contribution is 2.50. The minimum Gasteiger partial charge on any atom is -0.361 e. The van der Waals surface area contributed by atoms with Crippen molar-refractivity contribution in [2.45, 2.75) is 39.0 Å². The highest BCUT2D eigenvalue weighted by Gasteiger charge is 2.47. The van der Waals surface area contributed by atoms with Crippen LogP contribution in [0.15, 0.2) is 44.5 Å². The molecule has 1 aromatic rings. The van der Waals surface area contributed by atoms with Crippen molar-refractivity contribution in [2.24, 2.45) is 5.41 Å². The number of hydrogen-bond acceptors (Lipinski definition) is 4. The number of carbonyl (C=O) groups is 1. The quantitative estimate of drug-likeness (QED) is 0.719. The van der Waals surface area contributed by atoms with E-state index in [2.05, 4.69) is 21.2 Å². The molecule has 0 fully saturated rings. The van der Waals surface area contributed by atoms with Gasteiger partial charge in [-0.3, -0.25) is 4.79 Å². The highest BCUT2D eigenvalue weighted by atomic mass is 79.9. The monoisotopic (exact) mass is 439 g/mol. The Balaban J connectivity index is 1.95. The molecule has 0 saturated heterocycles. The summed E-state index contributed by atoms with van der Waals surface area (Å²) in [7, 11) is -3.45. The van der Waals surface area contributed by atoms with E-state index in [1.54, 1.807) is 12.1 Å². The van der Waals surface area contributed by atoms with Gasteiger partial charge in [0.2, 0.25) is 0 Å². The van der Waals surface area contributed by atoms with Gasteiger partial charge in [-0.05, 0) is 45.5 Å². The second kappa shape index (κ2) is 5.76. The molecule has 0 radical (unpaired) electrons. The van der Waals surface area contributed by atoms with Crippen molar-refractivity contribution < 1.29 is 17.6 Å². The molecule has 26 heavy (non-hydrogen) atoms. The first-order valence-electron chi connectivity index (χ1n) is 8.53. The van der Waals surface area contributed by atoms with Gasteiger partial charge < -0.3 is 5.32 Å². The van der Waals surface area contributed by atoms with Crippen molar-refractivity contribution in [1.29, 1.82) is 0 Å². The van der Waals surface area contributed by atoms with Gasteiger partial charge in [-0.25, -0.2) is 12.8 Å². The third-order valence-corrected chi connectivity index (χ3v) is 7.80. The fourth-order valence-corrected chi connectivity index (χ4v) is 6.47. The number of sulfone groups is 1. The van der Waals surface area contributed by atoms with Crippen molar-refractivity contribution in [3.8, 4) is 0 Å². The molecule has 4 rings (SSSR count). The first-order valence-corrected chi connectivity index (χ1v) is 11.0. The van der Waals surface area contributed by atoms with Crippen molar-refractivity contribution in [3.05, 3.63) is 55.9 Å². The zero-order valence-corrected chi connectivity index (χ0v) is 16.9. The van der Waals surface area contributed by atoms with E-state index < -0.39 is 21.6 Å². The van der Waals surface area contributed by atoms with Crippen LogP contribution in [0.3, 0.4) is 0 Å². The molecule has 7 heteroatoms. The van der Waals surface area contributed by atoms with Crippen LogP contribution in [-0.2, 0) is 14.6 Å². The minimum atomic E-state index is -3.45. The number of allylic oxidation sites excluding steroid dienone is 4. The third kappa shape index (κ3) is 2.76. The molecule has 0 amide bonds. The predicted molar refractivity (Wildman–Crippen MR) is 100 cm³/mol. The maximum atomic E-state index is 13.7. The van der Waals surface area contributed by atoms with Crippen LogP contribution in [0.2, 0.25) is 0 Å². The summed E-state index contributed by atoms with van der Waals surface area (Å²) in [5.41, 5.74) is 2.46. The van der Waals surface area contributed by atoms with Crippen molar-refractivity contribution >= 4 is 31.6 Å². The molecule has 1 aliphatic carbocycles. The van der Waals surface area contributed by atoms with E-state index in [1.165, 1.54) is 6.07 Å². The zero-order chi connectivity index (χ0) is 18.9. The van der Waals surface area contributed by atoms with Crippen LogP contribution in [0.4, 0.5) is 4.39 Å². The molecule has 1 aromatic carbocycles. The SMILES string of the molecule is CC1(C)CC(=O)C2=C(C1)NC1=C(C2c2ccc(F)c(Br)c2)S(=O)(=O)CC1. The van der Waals surface area contributed by atoms with Crippen LogP contribution < -0.4 is 5.32 Å². The van der Waals surface area contributed by atoms with Crippen LogP contribution in [0.25, 0.3) is 0 Å². The molecule has 2 aliphatic heterocycles. The lowest BCUT2D eigenvalue weighted by atomic mass is 9.70. The maximum absolute atomic E-state index is 13.7. The van der Waals surface area contributed by atoms with Gasteiger partial charge in [-0.15, -0.1) is 0 Å². The van der Waals surface area contributed by atoms with Gasteiger partial charge in [0.1, 0.15) is 5.82 Å². The Hall–Kier alpha value is -1.47. The van der Waals surface area contributed by atoms with Gasteiger partial charge in [-0.2, -0.15) is 0 Å². The normalized spacial score (nSPS) is 26.5. The summed E-state index contributed by atoms with van der Waals surface area (Å²) in [6, 6.07) is 4.47. The molecule has 0 spiro atoms. The molecule has 1 atom stereocenters. The van der Waals surface area contributed by atoms with E-state index in [0.29, 0.717) is 36.1 Å². The lowest BCUT2D eigenvalue weighted by Gasteiger charge is -2.38. The van der Waals surface area contributed by atoms with Crippen LogP contribution in [-0.4, -0.2) is 20.0 Å². The Morgan fingerprint density at radius 2 is 1.96 bits per heavy atom. The number of rotatable bonds is 1. The van der Waals surface area contributed by atoms with Crippen molar-refractivity contribution in [1.82, 2.24) is 5.32 Å². The second-order valence-electron chi connectivity index (χ2n) is 7.98. The van der Waals surface area contributed by atoms with Crippen LogP contribution in [0, 0.1) is 11.2 Å². The number of benzene rings is 1. The Morgan fingerprint density at radius 1 is 1.23 bits per heavy atom. The average Bonchev–Trinajstić information content (AvgIpc) is 2.82. The van der Waals surface area contributed by atoms with E-state index in [-0.39, 0.29) is 26.3 Å². The average molecular weight is 440 g/mol. The van der Waals surface area contributed by atoms with Gasteiger partial charge in [0.05, 0.1) is 21.0 Å². The Morgan fingerprint density at radius 3 is 2.65 bits per heavy atom.